The maximum absolute atomic E-state index is 5.89. The predicted molar refractivity (Wildman–Crippen MR) is 159 cm³/mol. The third kappa shape index (κ3) is 10.1. The van der Waals surface area contributed by atoms with E-state index < -0.39 is 29.2 Å². The quantitative estimate of drug-likeness (QED) is 0.144. The van der Waals surface area contributed by atoms with Crippen molar-refractivity contribution in [2.24, 2.45) is 0 Å². The molecule has 0 aromatic heterocycles. The first kappa shape index (κ1) is 30.2. The van der Waals surface area contributed by atoms with E-state index in [1.165, 1.54) is 37.9 Å². The van der Waals surface area contributed by atoms with Crippen LogP contribution < -0.4 is 0 Å². The van der Waals surface area contributed by atoms with Crippen LogP contribution in [0.4, 0.5) is 0 Å². The molecule has 0 atom stereocenters. The van der Waals surface area contributed by atoms with E-state index >= 15 is 0 Å². The maximum Gasteiger partial charge on any atom is -0.0771 e. The Bertz CT molecular complexity index is 1220. The van der Waals surface area contributed by atoms with Gasteiger partial charge in [-0.25, -0.2) is 0 Å². The molecule has 0 unspecified atom stereocenters. The maximum atomic E-state index is 5.89. The minimum atomic E-state index is -1.36. The fraction of sp³-hybridized carbons (Fsp3) is 0.241. The molecule has 0 bridgehead atoms. The molecule has 0 saturated heterocycles. The van der Waals surface area contributed by atoms with Gasteiger partial charge in [-0.05, 0) is 26.1 Å². The van der Waals surface area contributed by atoms with E-state index in [1.807, 2.05) is 0 Å². The van der Waals surface area contributed by atoms with Crippen molar-refractivity contribution in [1.29, 1.82) is 0 Å². The molecule has 35 heavy (non-hydrogen) atoms. The smallest absolute Gasteiger partial charge is 0.0771 e. The fourth-order valence-electron chi connectivity index (χ4n) is 3.80. The largest absolute Gasteiger partial charge is 0.126 e. The van der Waals surface area contributed by atoms with Crippen molar-refractivity contribution in [3.63, 3.8) is 0 Å². The zero-order valence-electron chi connectivity index (χ0n) is 21.2. The van der Waals surface area contributed by atoms with E-state index in [0.29, 0.717) is 0 Å². The third-order valence-corrected chi connectivity index (χ3v) is 6.27. The second kappa shape index (κ2) is 16.0. The van der Waals surface area contributed by atoms with Gasteiger partial charge in [-0.2, -0.15) is 5.56 Å². The van der Waals surface area contributed by atoms with Crippen molar-refractivity contribution in [3.05, 3.63) is 96.6 Å². The van der Waals surface area contributed by atoms with Crippen LogP contribution in [0.15, 0.2) is 91.0 Å². The Balaban J connectivity index is 0.000000204. The van der Waals surface area contributed by atoms with Gasteiger partial charge in [0.25, 0.3) is 0 Å². The molecule has 1 nitrogen and oxygen atoms in total. The molecule has 2 radical (unpaired) electrons. The summed E-state index contributed by atoms with van der Waals surface area (Å²) in [5.41, 5.74) is 1.41. The Hall–Kier alpha value is -1.00. The summed E-state index contributed by atoms with van der Waals surface area (Å²) in [7, 11) is 9.59. The number of hydrogen-bond donors (Lipinski definition) is 0. The number of rotatable bonds is 4. The van der Waals surface area contributed by atoms with Gasteiger partial charge in [-0.15, -0.1) is 80.8 Å². The number of benzene rings is 3. The molecule has 0 aliphatic heterocycles. The second-order valence-electron chi connectivity index (χ2n) is 9.05. The van der Waals surface area contributed by atoms with Crippen LogP contribution in [0.2, 0.25) is 32.7 Å². The molecule has 5 aromatic rings. The molecule has 0 spiro atoms. The van der Waals surface area contributed by atoms with Crippen molar-refractivity contribution in [1.82, 2.24) is 0 Å². The normalized spacial score (nSPS) is 10.5. The van der Waals surface area contributed by atoms with Crippen LogP contribution in [0, 0.1) is 0 Å². The fourth-order valence-corrected chi connectivity index (χ4v) is 4.52. The summed E-state index contributed by atoms with van der Waals surface area (Å²) in [5, 5.41) is 8.11. The monoisotopic (exact) mass is 614 g/mol. The topological polar surface area (TPSA) is 9.23 Å². The van der Waals surface area contributed by atoms with Crippen molar-refractivity contribution in [3.8, 4) is 0 Å². The molecule has 0 amide bonds. The Labute approximate surface area is 233 Å². The number of fused-ring (bicyclic) bond motifs is 4. The molecular weight excluding hydrogens is 583 g/mol. The molecular formula is C29H34Cl2OSi2Zr. The Kier molecular flexibility index (Phi) is 13.8. The minimum absolute atomic E-state index is 0.826. The van der Waals surface area contributed by atoms with Crippen molar-refractivity contribution < 1.29 is 25.3 Å². The molecule has 0 heterocycles. The first-order chi connectivity index (χ1) is 16.8. The van der Waals surface area contributed by atoms with Gasteiger partial charge in [0.05, 0.1) is 0 Å². The zero-order chi connectivity index (χ0) is 25.7. The summed E-state index contributed by atoms with van der Waals surface area (Å²) in [6, 6.07) is 32.2. The van der Waals surface area contributed by atoms with E-state index in [4.69, 9.17) is 21.5 Å². The molecule has 0 aliphatic rings. The zero-order valence-corrected chi connectivity index (χ0v) is 27.2. The molecule has 5 rings (SSSR count). The van der Waals surface area contributed by atoms with E-state index in [9.17, 15) is 0 Å². The van der Waals surface area contributed by atoms with Gasteiger partial charge in [-0.1, -0.05) is 55.6 Å². The SMILES string of the molecule is C[Si](C)(C)OCCc1c[cH-]c2ccccc12.C[Si]C.[Cl][Zr+2][Cl].c1ccc2c(c1)[cH-]c1ccccc12. The van der Waals surface area contributed by atoms with E-state index in [1.54, 1.807) is 0 Å². The second-order valence-corrected chi connectivity index (χ2v) is 18.3. The molecule has 0 N–H and O–H groups in total. The van der Waals surface area contributed by atoms with Gasteiger partial charge < -0.3 is 4.43 Å². The molecule has 5 aromatic carbocycles. The number of halogens is 2. The van der Waals surface area contributed by atoms with Gasteiger partial charge in [0.15, 0.2) is 8.32 Å². The van der Waals surface area contributed by atoms with Crippen LogP contribution in [-0.2, 0) is 31.7 Å². The Morgan fingerprint density at radius 1 is 0.771 bits per heavy atom. The van der Waals surface area contributed by atoms with Gasteiger partial charge >= 0.3 is 37.9 Å². The summed E-state index contributed by atoms with van der Waals surface area (Å²) in [6.07, 6.45) is 1.03. The Morgan fingerprint density at radius 2 is 1.20 bits per heavy atom. The average molecular weight is 617 g/mol. The van der Waals surface area contributed by atoms with E-state index in [-0.39, 0.29) is 0 Å². The van der Waals surface area contributed by atoms with Crippen LogP contribution in [0.1, 0.15) is 5.56 Å². The van der Waals surface area contributed by atoms with E-state index in [2.05, 4.69) is 124 Å². The Morgan fingerprint density at radius 3 is 1.69 bits per heavy atom. The summed E-state index contributed by atoms with van der Waals surface area (Å²) >= 11 is -0.826. The average Bonchev–Trinajstić information content (AvgIpc) is 3.41. The standard InChI is InChI=1S/C14H19OSi.C13H9.C2H6Si.2ClH.Zr/c1-16(2,3)15-11-10-13-9-8-12-6-4-5-7-14(12)13;1-3-7-12-10(5-1)9-11-6-2-4-8-13(11)12;1-3-2;;;/h4-9H,10-11H2,1-3H3;1-9H;1-2H3;2*1H;/q2*-1;;;;+4/p-2. The van der Waals surface area contributed by atoms with Crippen LogP contribution in [0.25, 0.3) is 32.3 Å². The predicted octanol–water partition coefficient (Wildman–Crippen LogP) is 9.83. The summed E-state index contributed by atoms with van der Waals surface area (Å²) in [4.78, 5) is 0. The molecule has 0 fully saturated rings. The summed E-state index contributed by atoms with van der Waals surface area (Å²) in [5.74, 6) is 0. The van der Waals surface area contributed by atoms with E-state index in [0.717, 1.165) is 22.5 Å². The van der Waals surface area contributed by atoms with Crippen molar-refractivity contribution >= 4 is 67.2 Å². The van der Waals surface area contributed by atoms with Crippen LogP contribution in [-0.4, -0.2) is 24.4 Å². The third-order valence-electron chi connectivity index (χ3n) is 5.20. The van der Waals surface area contributed by atoms with Gasteiger partial charge in [0.2, 0.25) is 0 Å². The molecule has 182 valence electrons. The summed E-state index contributed by atoms with van der Waals surface area (Å²) in [6.45, 7) is 11.9. The van der Waals surface area contributed by atoms with Crippen molar-refractivity contribution in [2.75, 3.05) is 6.61 Å². The first-order valence-electron chi connectivity index (χ1n) is 11.7. The minimum Gasteiger partial charge on any atom is -0.126 e. The van der Waals surface area contributed by atoms with Crippen LogP contribution >= 0.6 is 17.0 Å². The van der Waals surface area contributed by atoms with Gasteiger partial charge in [0, 0.05) is 16.1 Å². The van der Waals surface area contributed by atoms with Crippen molar-refractivity contribution in [2.45, 2.75) is 39.2 Å². The van der Waals surface area contributed by atoms with Crippen LogP contribution in [0.5, 0.6) is 0 Å². The first-order valence-corrected chi connectivity index (χ1v) is 23.4. The molecule has 6 heteroatoms. The molecule has 0 saturated carbocycles. The van der Waals surface area contributed by atoms with Crippen LogP contribution in [0.3, 0.4) is 0 Å². The number of hydrogen-bond acceptors (Lipinski definition) is 1. The van der Waals surface area contributed by atoms with Gasteiger partial charge in [-0.3, -0.25) is 0 Å². The molecule has 0 aliphatic carbocycles. The summed E-state index contributed by atoms with van der Waals surface area (Å²) < 4.78 is 5.89. The van der Waals surface area contributed by atoms with Gasteiger partial charge in [0.1, 0.15) is 0 Å².